The zero-order chi connectivity index (χ0) is 29.9. The van der Waals surface area contributed by atoms with E-state index in [-0.39, 0.29) is 17.7 Å². The molecule has 0 fully saturated rings. The second-order valence-corrected chi connectivity index (χ2v) is 11.1. The van der Waals surface area contributed by atoms with Crippen LogP contribution in [0.25, 0.3) is 28.3 Å². The van der Waals surface area contributed by atoms with Gasteiger partial charge in [0.1, 0.15) is 6.33 Å². The van der Waals surface area contributed by atoms with Gasteiger partial charge in [0.15, 0.2) is 5.82 Å². The number of rotatable bonds is 10. The third-order valence-corrected chi connectivity index (χ3v) is 7.76. The molecule has 1 aliphatic carbocycles. The molecular formula is C32H35N7O4. The third kappa shape index (κ3) is 5.80. The normalized spacial score (nSPS) is 15.3. The maximum atomic E-state index is 14.2. The Morgan fingerprint density at radius 1 is 1.12 bits per heavy atom. The topological polar surface area (TPSA) is 132 Å². The molecule has 1 unspecified atom stereocenters. The van der Waals surface area contributed by atoms with E-state index in [2.05, 4.69) is 38.7 Å². The van der Waals surface area contributed by atoms with Crippen molar-refractivity contribution in [3.8, 4) is 22.5 Å². The van der Waals surface area contributed by atoms with Gasteiger partial charge in [0.2, 0.25) is 5.78 Å². The van der Waals surface area contributed by atoms with Gasteiger partial charge in [0.05, 0.1) is 11.8 Å². The highest BCUT2D eigenvalue weighted by molar-refractivity contribution is 5.80. The molecule has 1 atom stereocenters. The van der Waals surface area contributed by atoms with Crippen molar-refractivity contribution in [2.24, 2.45) is 0 Å². The summed E-state index contributed by atoms with van der Waals surface area (Å²) in [5, 5.41) is 8.42. The van der Waals surface area contributed by atoms with E-state index < -0.39 is 5.76 Å². The molecule has 0 saturated heterocycles. The first-order valence-corrected chi connectivity index (χ1v) is 14.7. The molecule has 0 spiro atoms. The molecule has 0 amide bonds. The number of aryl methyl sites for hydroxylation is 1. The summed E-state index contributed by atoms with van der Waals surface area (Å²) in [4.78, 5) is 38.5. The molecule has 0 aliphatic heterocycles. The summed E-state index contributed by atoms with van der Waals surface area (Å²) in [6.07, 6.45) is 8.06. The summed E-state index contributed by atoms with van der Waals surface area (Å²) in [5.74, 6) is 0.367. The van der Waals surface area contributed by atoms with E-state index in [1.807, 2.05) is 71.5 Å². The van der Waals surface area contributed by atoms with Gasteiger partial charge in [-0.2, -0.15) is 10.1 Å². The monoisotopic (exact) mass is 581 g/mol. The van der Waals surface area contributed by atoms with Crippen molar-refractivity contribution in [3.63, 3.8) is 0 Å². The number of H-pyrrole nitrogens is 1. The SMILES string of the molecule is CCCc1c(Cc2ccc(-c3ccccc3-c3noc(=O)[nH]3)cc2)c(=O)n(C2CC=C(NOC(C)C)CC2)c2ncnn12. The lowest BCUT2D eigenvalue weighted by Crippen LogP contribution is -2.33. The Morgan fingerprint density at radius 3 is 2.58 bits per heavy atom. The standard InChI is InChI=1S/C32H35N7O4/c1-4-7-28-27(18-21-10-12-22(13-11-21)25-8-5-6-9-26(25)29-35-32(41)43-37-29)30(40)38(31-33-19-34-39(28)31)24-16-14-23(15-17-24)36-42-20(2)3/h5-6,8-14,19-20,24,36H,4,7,15-18H2,1-3H3,(H,35,37,41). The van der Waals surface area contributed by atoms with E-state index in [9.17, 15) is 9.59 Å². The lowest BCUT2D eigenvalue weighted by Gasteiger charge is -2.26. The molecule has 0 radical (unpaired) electrons. The Hall–Kier alpha value is -4.77. The predicted octanol–water partition coefficient (Wildman–Crippen LogP) is 4.98. The van der Waals surface area contributed by atoms with Crippen LogP contribution < -0.4 is 16.8 Å². The van der Waals surface area contributed by atoms with Gasteiger partial charge in [0.25, 0.3) is 5.56 Å². The third-order valence-electron chi connectivity index (χ3n) is 7.76. The van der Waals surface area contributed by atoms with E-state index >= 15 is 0 Å². The van der Waals surface area contributed by atoms with Crippen LogP contribution in [0.1, 0.15) is 69.3 Å². The van der Waals surface area contributed by atoms with Crippen molar-refractivity contribution >= 4 is 5.78 Å². The quantitative estimate of drug-likeness (QED) is 0.221. The Labute approximate surface area is 248 Å². The van der Waals surface area contributed by atoms with Gasteiger partial charge in [-0.15, -0.1) is 0 Å². The van der Waals surface area contributed by atoms with Crippen LogP contribution in [0.5, 0.6) is 0 Å². The first kappa shape index (κ1) is 28.4. The number of nitrogens with one attached hydrogen (secondary N) is 2. The summed E-state index contributed by atoms with van der Waals surface area (Å²) in [6.45, 7) is 6.06. The van der Waals surface area contributed by atoms with E-state index in [1.165, 1.54) is 6.33 Å². The molecule has 6 rings (SSSR count). The van der Waals surface area contributed by atoms with E-state index in [0.717, 1.165) is 64.9 Å². The zero-order valence-corrected chi connectivity index (χ0v) is 24.5. The Bertz CT molecular complexity index is 1880. The second kappa shape index (κ2) is 12.2. The van der Waals surface area contributed by atoms with E-state index in [4.69, 9.17) is 9.36 Å². The van der Waals surface area contributed by atoms with Gasteiger partial charge < -0.3 is 0 Å². The molecule has 2 aromatic carbocycles. The van der Waals surface area contributed by atoms with Crippen LogP contribution in [-0.2, 0) is 17.7 Å². The van der Waals surface area contributed by atoms with Crippen LogP contribution in [0.15, 0.2) is 80.7 Å². The minimum atomic E-state index is -0.598. The molecule has 11 heteroatoms. The molecule has 43 heavy (non-hydrogen) atoms. The number of hydrogen-bond donors (Lipinski definition) is 2. The smallest absolute Gasteiger partial charge is 0.296 e. The van der Waals surface area contributed by atoms with E-state index in [0.29, 0.717) is 24.4 Å². The second-order valence-electron chi connectivity index (χ2n) is 11.1. The van der Waals surface area contributed by atoms with Crippen LogP contribution in [0.2, 0.25) is 0 Å². The molecule has 3 aromatic heterocycles. The Morgan fingerprint density at radius 2 is 1.91 bits per heavy atom. The largest absolute Gasteiger partial charge is 0.439 e. The maximum Gasteiger partial charge on any atom is 0.439 e. The summed E-state index contributed by atoms with van der Waals surface area (Å²) in [5.41, 5.74) is 9.37. The van der Waals surface area contributed by atoms with Gasteiger partial charge >= 0.3 is 5.76 Å². The van der Waals surface area contributed by atoms with Crippen molar-refractivity contribution < 1.29 is 9.36 Å². The summed E-state index contributed by atoms with van der Waals surface area (Å²) in [7, 11) is 0. The average molecular weight is 582 g/mol. The van der Waals surface area contributed by atoms with Gasteiger partial charge in [-0.25, -0.2) is 9.31 Å². The number of aromatic amines is 1. The van der Waals surface area contributed by atoms with Crippen molar-refractivity contribution in [1.29, 1.82) is 0 Å². The predicted molar refractivity (Wildman–Crippen MR) is 162 cm³/mol. The lowest BCUT2D eigenvalue weighted by atomic mass is 9.95. The number of fused-ring (bicyclic) bond motifs is 1. The summed E-state index contributed by atoms with van der Waals surface area (Å²) < 4.78 is 8.41. The molecule has 11 nitrogen and oxygen atoms in total. The van der Waals surface area contributed by atoms with Gasteiger partial charge in [-0.3, -0.25) is 29.2 Å². The fraction of sp³-hybridized carbons (Fsp3) is 0.344. The highest BCUT2D eigenvalue weighted by atomic mass is 16.7. The lowest BCUT2D eigenvalue weighted by molar-refractivity contribution is 0.0106. The van der Waals surface area contributed by atoms with Crippen LogP contribution >= 0.6 is 0 Å². The number of benzene rings is 2. The van der Waals surface area contributed by atoms with E-state index in [1.54, 1.807) is 0 Å². The van der Waals surface area contributed by atoms with Crippen molar-refractivity contribution in [3.05, 3.63) is 104 Å². The molecule has 3 heterocycles. The first-order chi connectivity index (χ1) is 20.9. The highest BCUT2D eigenvalue weighted by Crippen LogP contribution is 2.31. The average Bonchev–Trinajstić information content (AvgIpc) is 3.68. The highest BCUT2D eigenvalue weighted by Gasteiger charge is 2.25. The number of aromatic nitrogens is 6. The molecule has 222 valence electrons. The van der Waals surface area contributed by atoms with Crippen LogP contribution in [0.4, 0.5) is 0 Å². The van der Waals surface area contributed by atoms with Crippen LogP contribution in [0.3, 0.4) is 0 Å². The summed E-state index contributed by atoms with van der Waals surface area (Å²) in [6, 6.07) is 15.8. The van der Waals surface area contributed by atoms with Gasteiger partial charge in [-0.1, -0.05) is 73.1 Å². The van der Waals surface area contributed by atoms with Crippen molar-refractivity contribution in [2.75, 3.05) is 0 Å². The molecule has 5 aromatic rings. The zero-order valence-electron chi connectivity index (χ0n) is 24.5. The molecule has 0 bridgehead atoms. The number of allylic oxidation sites excluding steroid dienone is 2. The van der Waals surface area contributed by atoms with Gasteiger partial charge in [0, 0.05) is 29.3 Å². The number of nitrogens with zero attached hydrogens (tertiary/aromatic N) is 5. The minimum Gasteiger partial charge on any atom is -0.296 e. The minimum absolute atomic E-state index is 0.0124. The Kier molecular flexibility index (Phi) is 8.06. The van der Waals surface area contributed by atoms with Crippen molar-refractivity contribution in [1.82, 2.24) is 34.8 Å². The van der Waals surface area contributed by atoms with Crippen molar-refractivity contribution in [2.45, 2.75) is 71.4 Å². The molecular weight excluding hydrogens is 546 g/mol. The molecule has 1 aliphatic rings. The first-order valence-electron chi connectivity index (χ1n) is 14.7. The fourth-order valence-electron chi connectivity index (χ4n) is 5.71. The number of hydroxylamine groups is 1. The van der Waals surface area contributed by atoms with Crippen LogP contribution in [0, 0.1) is 0 Å². The van der Waals surface area contributed by atoms with Gasteiger partial charge in [-0.05, 0) is 56.2 Å². The summed E-state index contributed by atoms with van der Waals surface area (Å²) >= 11 is 0. The number of hydrogen-bond acceptors (Lipinski definition) is 8. The maximum absolute atomic E-state index is 14.2. The molecule has 0 saturated carbocycles. The fourth-order valence-corrected chi connectivity index (χ4v) is 5.71. The molecule has 2 N–H and O–H groups in total. The Balaban J connectivity index is 1.33. The van der Waals surface area contributed by atoms with Crippen LogP contribution in [-0.4, -0.2) is 35.4 Å².